The third-order valence-electron chi connectivity index (χ3n) is 2.59. The smallest absolute Gasteiger partial charge is 0.153 e. The predicted octanol–water partition coefficient (Wildman–Crippen LogP) is -0.317. The molecule has 1 atom stereocenters. The molecular weight excluding hydrogens is 182 g/mol. The molecule has 0 aliphatic carbocycles. The molecule has 1 aliphatic rings. The molecule has 78 valence electrons. The molecular formula is C9H15N3O2. The third-order valence-corrected chi connectivity index (χ3v) is 2.59. The van der Waals surface area contributed by atoms with E-state index in [0.29, 0.717) is 12.2 Å². The van der Waals surface area contributed by atoms with Crippen molar-refractivity contribution in [3.63, 3.8) is 0 Å². The van der Waals surface area contributed by atoms with Crippen LogP contribution in [0.2, 0.25) is 0 Å². The maximum absolute atomic E-state index is 9.15. The lowest BCUT2D eigenvalue weighted by atomic mass is 10.0. The van der Waals surface area contributed by atoms with E-state index in [4.69, 9.17) is 10.2 Å². The highest BCUT2D eigenvalue weighted by atomic mass is 16.3. The molecule has 1 unspecified atom stereocenters. The van der Waals surface area contributed by atoms with Crippen molar-refractivity contribution in [2.75, 3.05) is 13.2 Å². The van der Waals surface area contributed by atoms with Crippen molar-refractivity contribution in [2.24, 2.45) is 0 Å². The Morgan fingerprint density at radius 1 is 1.43 bits per heavy atom. The molecule has 0 bridgehead atoms. The Morgan fingerprint density at radius 2 is 2.29 bits per heavy atom. The Hall–Kier alpha value is -0.940. The Balaban J connectivity index is 2.24. The number of hydrogen-bond donors (Lipinski definition) is 2. The second-order valence-electron chi connectivity index (χ2n) is 3.60. The van der Waals surface area contributed by atoms with Gasteiger partial charge in [-0.1, -0.05) is 0 Å². The summed E-state index contributed by atoms with van der Waals surface area (Å²) in [5.41, 5.74) is 0. The zero-order valence-corrected chi connectivity index (χ0v) is 8.06. The standard InChI is InChI=1S/C9H15N3O2/c13-5-3-8-10-9-7(6-14)2-1-4-12(9)11-8/h7,13-14H,1-6H2. The molecule has 5 nitrogen and oxygen atoms in total. The van der Waals surface area contributed by atoms with E-state index in [1.165, 1.54) is 0 Å². The zero-order valence-electron chi connectivity index (χ0n) is 8.06. The van der Waals surface area contributed by atoms with Gasteiger partial charge in [0.25, 0.3) is 0 Å². The van der Waals surface area contributed by atoms with Crippen molar-refractivity contribution in [1.29, 1.82) is 0 Å². The average Bonchev–Trinajstić information content (AvgIpc) is 2.60. The van der Waals surface area contributed by atoms with Crippen LogP contribution in [-0.4, -0.2) is 38.2 Å². The predicted molar refractivity (Wildman–Crippen MR) is 49.9 cm³/mol. The van der Waals surface area contributed by atoms with E-state index in [0.717, 1.165) is 25.2 Å². The summed E-state index contributed by atoms with van der Waals surface area (Å²) in [5.74, 6) is 1.69. The van der Waals surface area contributed by atoms with Crippen molar-refractivity contribution >= 4 is 0 Å². The Labute approximate surface area is 82.4 Å². The molecule has 5 heteroatoms. The van der Waals surface area contributed by atoms with Gasteiger partial charge in [-0.3, -0.25) is 0 Å². The molecule has 2 heterocycles. The highest BCUT2D eigenvalue weighted by molar-refractivity contribution is 5.03. The Bertz CT molecular complexity index is 311. The van der Waals surface area contributed by atoms with Gasteiger partial charge in [0.15, 0.2) is 5.82 Å². The first-order valence-electron chi connectivity index (χ1n) is 5.00. The third kappa shape index (κ3) is 1.65. The van der Waals surface area contributed by atoms with Gasteiger partial charge in [0, 0.05) is 18.9 Å². The number of fused-ring (bicyclic) bond motifs is 1. The van der Waals surface area contributed by atoms with Crippen LogP contribution in [0.1, 0.15) is 30.4 Å². The van der Waals surface area contributed by atoms with E-state index in [1.807, 2.05) is 4.68 Å². The van der Waals surface area contributed by atoms with Gasteiger partial charge < -0.3 is 10.2 Å². The first-order valence-corrected chi connectivity index (χ1v) is 5.00. The number of nitrogens with zero attached hydrogens (tertiary/aromatic N) is 3. The van der Waals surface area contributed by atoms with Gasteiger partial charge in [-0.2, -0.15) is 5.10 Å². The summed E-state index contributed by atoms with van der Waals surface area (Å²) in [5, 5.41) is 22.2. The lowest BCUT2D eigenvalue weighted by Gasteiger charge is -2.19. The van der Waals surface area contributed by atoms with E-state index >= 15 is 0 Å². The van der Waals surface area contributed by atoms with Gasteiger partial charge in [0.1, 0.15) is 5.82 Å². The van der Waals surface area contributed by atoms with Crippen LogP contribution < -0.4 is 0 Å². The highest BCUT2D eigenvalue weighted by Crippen LogP contribution is 2.24. The van der Waals surface area contributed by atoms with Gasteiger partial charge in [0.2, 0.25) is 0 Å². The Morgan fingerprint density at radius 3 is 3.00 bits per heavy atom. The van der Waals surface area contributed by atoms with Gasteiger partial charge in [0.05, 0.1) is 13.2 Å². The maximum atomic E-state index is 9.15. The zero-order chi connectivity index (χ0) is 9.97. The van der Waals surface area contributed by atoms with Crippen molar-refractivity contribution in [1.82, 2.24) is 14.8 Å². The summed E-state index contributed by atoms with van der Waals surface area (Å²) in [6, 6.07) is 0. The lowest BCUT2D eigenvalue weighted by Crippen LogP contribution is -2.19. The Kier molecular flexibility index (Phi) is 2.79. The average molecular weight is 197 g/mol. The first kappa shape index (κ1) is 9.61. The fraction of sp³-hybridized carbons (Fsp3) is 0.778. The number of rotatable bonds is 3. The van der Waals surface area contributed by atoms with Crippen molar-refractivity contribution in [2.45, 2.75) is 31.7 Å². The summed E-state index contributed by atoms with van der Waals surface area (Å²) in [7, 11) is 0. The van der Waals surface area contributed by atoms with Crippen LogP contribution in [0.4, 0.5) is 0 Å². The van der Waals surface area contributed by atoms with E-state index < -0.39 is 0 Å². The van der Waals surface area contributed by atoms with Crippen LogP contribution >= 0.6 is 0 Å². The molecule has 0 spiro atoms. The van der Waals surface area contributed by atoms with E-state index in [1.54, 1.807) is 0 Å². The van der Waals surface area contributed by atoms with Crippen LogP contribution in [0, 0.1) is 0 Å². The summed E-state index contributed by atoms with van der Waals surface area (Å²) in [6.07, 6.45) is 2.52. The summed E-state index contributed by atoms with van der Waals surface area (Å²) < 4.78 is 1.86. The molecule has 0 aromatic carbocycles. The van der Waals surface area contributed by atoms with Crippen LogP contribution in [-0.2, 0) is 13.0 Å². The van der Waals surface area contributed by atoms with Crippen molar-refractivity contribution in [3.05, 3.63) is 11.6 Å². The van der Waals surface area contributed by atoms with Gasteiger partial charge in [-0.25, -0.2) is 9.67 Å². The van der Waals surface area contributed by atoms with Crippen LogP contribution in [0.5, 0.6) is 0 Å². The summed E-state index contributed by atoms with van der Waals surface area (Å²) in [6.45, 7) is 1.09. The minimum absolute atomic E-state index is 0.0766. The SMILES string of the molecule is OCCc1nc2n(n1)CCCC2CO. The summed E-state index contributed by atoms with van der Waals surface area (Å²) >= 11 is 0. The van der Waals surface area contributed by atoms with E-state index in [-0.39, 0.29) is 19.1 Å². The first-order chi connectivity index (χ1) is 6.85. The molecule has 1 aromatic heterocycles. The lowest BCUT2D eigenvalue weighted by molar-refractivity contribution is 0.234. The number of aryl methyl sites for hydroxylation is 1. The van der Waals surface area contributed by atoms with E-state index in [9.17, 15) is 0 Å². The number of aliphatic hydroxyl groups is 2. The normalized spacial score (nSPS) is 20.9. The number of hydrogen-bond acceptors (Lipinski definition) is 4. The second kappa shape index (κ2) is 4.06. The fourth-order valence-corrected chi connectivity index (χ4v) is 1.86. The summed E-state index contributed by atoms with van der Waals surface area (Å²) in [4.78, 5) is 4.32. The highest BCUT2D eigenvalue weighted by Gasteiger charge is 2.23. The number of aliphatic hydroxyl groups excluding tert-OH is 2. The molecule has 14 heavy (non-hydrogen) atoms. The van der Waals surface area contributed by atoms with Crippen LogP contribution in [0.15, 0.2) is 0 Å². The minimum atomic E-state index is 0.0766. The molecule has 0 saturated heterocycles. The maximum Gasteiger partial charge on any atom is 0.153 e. The van der Waals surface area contributed by atoms with Crippen molar-refractivity contribution in [3.8, 4) is 0 Å². The number of aromatic nitrogens is 3. The van der Waals surface area contributed by atoms with Gasteiger partial charge in [-0.05, 0) is 12.8 Å². The molecule has 0 saturated carbocycles. The molecule has 2 rings (SSSR count). The van der Waals surface area contributed by atoms with Crippen LogP contribution in [0.25, 0.3) is 0 Å². The monoisotopic (exact) mass is 197 g/mol. The fourth-order valence-electron chi connectivity index (χ4n) is 1.86. The molecule has 0 radical (unpaired) electrons. The van der Waals surface area contributed by atoms with Crippen LogP contribution in [0.3, 0.4) is 0 Å². The topological polar surface area (TPSA) is 71.2 Å². The molecule has 1 aromatic rings. The minimum Gasteiger partial charge on any atom is -0.396 e. The van der Waals surface area contributed by atoms with Crippen molar-refractivity contribution < 1.29 is 10.2 Å². The molecule has 0 fully saturated rings. The largest absolute Gasteiger partial charge is 0.396 e. The second-order valence-corrected chi connectivity index (χ2v) is 3.60. The molecule has 2 N–H and O–H groups in total. The van der Waals surface area contributed by atoms with Gasteiger partial charge >= 0.3 is 0 Å². The molecule has 0 amide bonds. The van der Waals surface area contributed by atoms with E-state index in [2.05, 4.69) is 10.1 Å². The quantitative estimate of drug-likeness (QED) is 0.697. The molecule has 1 aliphatic heterocycles. The van der Waals surface area contributed by atoms with Gasteiger partial charge in [-0.15, -0.1) is 0 Å².